The molecule has 122 valence electrons. The number of ether oxygens (including phenoxy) is 1. The summed E-state index contributed by atoms with van der Waals surface area (Å²) in [5, 5.41) is 10.8. The van der Waals surface area contributed by atoms with Crippen molar-refractivity contribution >= 4 is 11.5 Å². The number of allylic oxidation sites excluding steroid dienone is 1. The molecule has 1 aromatic rings. The van der Waals surface area contributed by atoms with Crippen LogP contribution in [0.5, 0.6) is 0 Å². The molecule has 1 saturated heterocycles. The summed E-state index contributed by atoms with van der Waals surface area (Å²) in [5.41, 5.74) is 3.26. The van der Waals surface area contributed by atoms with E-state index in [4.69, 9.17) is 9.15 Å². The number of rotatable bonds is 1. The van der Waals surface area contributed by atoms with Crippen molar-refractivity contribution in [3.05, 3.63) is 41.4 Å². The zero-order valence-electron chi connectivity index (χ0n) is 13.5. The number of hydrogen-bond acceptors (Lipinski definition) is 4. The van der Waals surface area contributed by atoms with Gasteiger partial charge in [0.15, 0.2) is 0 Å². The highest BCUT2D eigenvalue weighted by atomic mass is 16.6. The standard InChI is InChI=1S/C19H22O4/c1-9(2)11-7-12-4-5-14(22-12)16-10(3)6-15-18(16)17(13(20)8-11)19(21)23-15/h4-5,11,13,15,17-18,20H,1,6-8H2,2-3H3/t11-,13+,15-,17-,18-/m0/s1. The number of hydrogen-bond donors (Lipinski definition) is 1. The lowest BCUT2D eigenvalue weighted by Crippen LogP contribution is -2.33. The molecule has 4 heteroatoms. The quantitative estimate of drug-likeness (QED) is 0.639. The van der Waals surface area contributed by atoms with Gasteiger partial charge < -0.3 is 14.3 Å². The average Bonchev–Trinajstić information content (AvgIpc) is 3.10. The van der Waals surface area contributed by atoms with E-state index in [1.54, 1.807) is 0 Å². The molecule has 0 aromatic carbocycles. The fraction of sp³-hybridized carbons (Fsp3) is 0.526. The molecule has 4 nitrogen and oxygen atoms in total. The van der Waals surface area contributed by atoms with Crippen molar-refractivity contribution in [3.63, 3.8) is 0 Å². The Kier molecular flexibility index (Phi) is 3.27. The van der Waals surface area contributed by atoms with Gasteiger partial charge in [0.25, 0.3) is 0 Å². The smallest absolute Gasteiger partial charge is 0.312 e. The van der Waals surface area contributed by atoms with E-state index in [0.717, 1.165) is 29.1 Å². The minimum atomic E-state index is -0.709. The Morgan fingerprint density at radius 1 is 1.30 bits per heavy atom. The molecule has 4 rings (SSSR count). The third-order valence-electron chi connectivity index (χ3n) is 5.64. The third kappa shape index (κ3) is 2.19. The van der Waals surface area contributed by atoms with Gasteiger partial charge in [-0.15, -0.1) is 0 Å². The van der Waals surface area contributed by atoms with Crippen LogP contribution in [0.25, 0.3) is 5.57 Å². The molecule has 1 aliphatic carbocycles. The van der Waals surface area contributed by atoms with E-state index in [2.05, 4.69) is 13.5 Å². The van der Waals surface area contributed by atoms with Gasteiger partial charge in [-0.2, -0.15) is 0 Å². The molecule has 1 fully saturated rings. The molecular formula is C19H22O4. The van der Waals surface area contributed by atoms with E-state index in [1.807, 2.05) is 19.1 Å². The van der Waals surface area contributed by atoms with Gasteiger partial charge in [0.1, 0.15) is 17.6 Å². The molecule has 1 aromatic heterocycles. The maximum Gasteiger partial charge on any atom is 0.312 e. The van der Waals surface area contributed by atoms with Crippen LogP contribution in [0, 0.1) is 17.8 Å². The Morgan fingerprint density at radius 3 is 2.83 bits per heavy atom. The van der Waals surface area contributed by atoms with Crippen molar-refractivity contribution in [2.24, 2.45) is 17.8 Å². The van der Waals surface area contributed by atoms with Gasteiger partial charge in [-0.1, -0.05) is 17.7 Å². The molecule has 2 bridgehead atoms. The zero-order chi connectivity index (χ0) is 16.3. The topological polar surface area (TPSA) is 59.7 Å². The van der Waals surface area contributed by atoms with Gasteiger partial charge in [0, 0.05) is 24.3 Å². The predicted molar refractivity (Wildman–Crippen MR) is 85.4 cm³/mol. The molecule has 3 aliphatic rings. The van der Waals surface area contributed by atoms with Crippen molar-refractivity contribution in [1.82, 2.24) is 0 Å². The van der Waals surface area contributed by atoms with Crippen LogP contribution in [-0.2, 0) is 16.0 Å². The summed E-state index contributed by atoms with van der Waals surface area (Å²) < 4.78 is 11.6. The molecule has 0 radical (unpaired) electrons. The van der Waals surface area contributed by atoms with E-state index >= 15 is 0 Å². The lowest BCUT2D eigenvalue weighted by Gasteiger charge is -2.27. The van der Waals surface area contributed by atoms with Crippen LogP contribution in [0.15, 0.2) is 34.3 Å². The Bertz CT molecular complexity index is 711. The van der Waals surface area contributed by atoms with Crippen LogP contribution >= 0.6 is 0 Å². The van der Waals surface area contributed by atoms with E-state index in [0.29, 0.717) is 12.8 Å². The first-order valence-electron chi connectivity index (χ1n) is 8.28. The van der Waals surface area contributed by atoms with Crippen molar-refractivity contribution in [1.29, 1.82) is 0 Å². The third-order valence-corrected chi connectivity index (χ3v) is 5.64. The second kappa shape index (κ2) is 5.10. The van der Waals surface area contributed by atoms with Crippen LogP contribution in [0.4, 0.5) is 0 Å². The minimum absolute atomic E-state index is 0.0969. The second-order valence-corrected chi connectivity index (χ2v) is 7.24. The summed E-state index contributed by atoms with van der Waals surface area (Å²) in [6.45, 7) is 8.08. The first-order valence-corrected chi connectivity index (χ1v) is 8.28. The van der Waals surface area contributed by atoms with Crippen molar-refractivity contribution in [3.8, 4) is 0 Å². The van der Waals surface area contributed by atoms with Crippen molar-refractivity contribution < 1.29 is 19.1 Å². The van der Waals surface area contributed by atoms with Gasteiger partial charge >= 0.3 is 5.97 Å². The highest BCUT2D eigenvalue weighted by Crippen LogP contribution is 2.51. The number of aliphatic hydroxyl groups excluding tert-OH is 1. The Hall–Kier alpha value is -1.81. The van der Waals surface area contributed by atoms with Gasteiger partial charge in [0.2, 0.25) is 0 Å². The highest BCUT2D eigenvalue weighted by Gasteiger charge is 2.54. The van der Waals surface area contributed by atoms with Crippen LogP contribution in [-0.4, -0.2) is 23.3 Å². The summed E-state index contributed by atoms with van der Waals surface area (Å²) in [4.78, 5) is 12.4. The molecule has 1 N–H and O–H groups in total. The normalized spacial score (nSPS) is 36.0. The average molecular weight is 314 g/mol. The van der Waals surface area contributed by atoms with Gasteiger partial charge in [-0.25, -0.2) is 0 Å². The Balaban J connectivity index is 1.84. The molecule has 23 heavy (non-hydrogen) atoms. The second-order valence-electron chi connectivity index (χ2n) is 7.24. The lowest BCUT2D eigenvalue weighted by molar-refractivity contribution is -0.146. The maximum atomic E-state index is 12.4. The number of carbonyl (C=O) groups is 1. The largest absolute Gasteiger partial charge is 0.461 e. The zero-order valence-corrected chi connectivity index (χ0v) is 13.5. The molecule has 5 atom stereocenters. The molecule has 3 heterocycles. The minimum Gasteiger partial charge on any atom is -0.461 e. The van der Waals surface area contributed by atoms with Crippen molar-refractivity contribution in [2.45, 2.75) is 45.3 Å². The molecule has 2 aliphatic heterocycles. The maximum absolute atomic E-state index is 12.4. The summed E-state index contributed by atoms with van der Waals surface area (Å²) in [6, 6.07) is 3.99. The number of esters is 1. The summed E-state index contributed by atoms with van der Waals surface area (Å²) in [6.07, 6.45) is 1.08. The van der Waals surface area contributed by atoms with E-state index in [1.165, 1.54) is 5.57 Å². The summed E-state index contributed by atoms with van der Waals surface area (Å²) in [5.74, 6) is 0.964. The molecule has 0 spiro atoms. The Labute approximate surface area is 135 Å². The molecule has 0 saturated carbocycles. The number of aliphatic hydroxyl groups is 1. The summed E-state index contributed by atoms with van der Waals surface area (Å²) in [7, 11) is 0. The Morgan fingerprint density at radius 2 is 2.09 bits per heavy atom. The summed E-state index contributed by atoms with van der Waals surface area (Å²) >= 11 is 0. The fourth-order valence-electron chi connectivity index (χ4n) is 4.45. The van der Waals surface area contributed by atoms with Gasteiger partial charge in [-0.3, -0.25) is 4.79 Å². The SMILES string of the molecule is C=C(C)[C@H]1Cc2ccc(o2)C2=C(C)C[C@@H]3OC(=O)[C@H]([C@H]23)[C@H](O)C1. The lowest BCUT2D eigenvalue weighted by atomic mass is 9.78. The van der Waals surface area contributed by atoms with Crippen LogP contribution in [0.3, 0.4) is 0 Å². The van der Waals surface area contributed by atoms with Gasteiger partial charge in [-0.05, 0) is 38.3 Å². The van der Waals surface area contributed by atoms with Crippen LogP contribution < -0.4 is 0 Å². The number of carbonyl (C=O) groups excluding carboxylic acids is 1. The molecular weight excluding hydrogens is 292 g/mol. The van der Waals surface area contributed by atoms with Crippen LogP contribution in [0.1, 0.15) is 38.2 Å². The van der Waals surface area contributed by atoms with E-state index in [-0.39, 0.29) is 23.9 Å². The highest BCUT2D eigenvalue weighted by molar-refractivity contribution is 5.84. The molecule has 0 unspecified atom stereocenters. The first-order chi connectivity index (χ1) is 11.0. The van der Waals surface area contributed by atoms with E-state index < -0.39 is 12.0 Å². The number of fused-ring (bicyclic) bond motifs is 3. The molecule has 0 amide bonds. The monoisotopic (exact) mass is 314 g/mol. The van der Waals surface area contributed by atoms with Gasteiger partial charge in [0.05, 0.1) is 12.0 Å². The first kappa shape index (κ1) is 14.8. The fourth-order valence-corrected chi connectivity index (χ4v) is 4.45. The predicted octanol–water partition coefficient (Wildman–Crippen LogP) is 3.11. The van der Waals surface area contributed by atoms with Crippen LogP contribution in [0.2, 0.25) is 0 Å². The number of furan rings is 1. The van der Waals surface area contributed by atoms with E-state index in [9.17, 15) is 9.90 Å². The van der Waals surface area contributed by atoms with Crippen molar-refractivity contribution in [2.75, 3.05) is 0 Å².